The zero-order valence-electron chi connectivity index (χ0n) is 19.4. The number of esters is 4. The molecule has 0 amide bonds. The summed E-state index contributed by atoms with van der Waals surface area (Å²) in [4.78, 5) is 45.4. The lowest BCUT2D eigenvalue weighted by Gasteiger charge is -2.32. The van der Waals surface area contributed by atoms with Gasteiger partial charge >= 0.3 is 23.9 Å². The quantitative estimate of drug-likeness (QED) is 0.0849. The Balaban J connectivity index is 5.15. The Kier molecular flexibility index (Phi) is 17.0. The number of ether oxygens (including phenoxy) is 4. The molecule has 0 aromatic carbocycles. The van der Waals surface area contributed by atoms with Gasteiger partial charge in [0.15, 0.2) is 0 Å². The molecule has 0 saturated heterocycles. The van der Waals surface area contributed by atoms with Crippen LogP contribution in [0.2, 0.25) is 24.2 Å². The molecule has 0 N–H and O–H groups in total. The van der Waals surface area contributed by atoms with Gasteiger partial charge < -0.3 is 18.9 Å². The van der Waals surface area contributed by atoms with Gasteiger partial charge in [0.05, 0.1) is 34.5 Å². The highest BCUT2D eigenvalue weighted by atomic mass is 28.3. The predicted octanol–water partition coefficient (Wildman–Crippen LogP) is 3.91. The highest BCUT2D eigenvalue weighted by molar-refractivity contribution is 6.79. The Bertz CT molecular complexity index is 568. The second-order valence-corrected chi connectivity index (χ2v) is 12.4. The Morgan fingerprint density at radius 3 is 0.879 bits per heavy atom. The van der Waals surface area contributed by atoms with Crippen LogP contribution in [0.4, 0.5) is 0 Å². The molecular formula is C24H36O8Si. The van der Waals surface area contributed by atoms with Gasteiger partial charge in [-0.2, -0.15) is 0 Å². The van der Waals surface area contributed by atoms with E-state index in [0.717, 1.165) is 48.5 Å². The Labute approximate surface area is 197 Å². The Morgan fingerprint density at radius 1 is 0.485 bits per heavy atom. The van der Waals surface area contributed by atoms with Crippen LogP contribution in [-0.2, 0) is 38.1 Å². The van der Waals surface area contributed by atoms with Crippen LogP contribution >= 0.6 is 0 Å². The van der Waals surface area contributed by atoms with Crippen molar-refractivity contribution >= 4 is 32.0 Å². The smallest absolute Gasteiger partial charge is 0.330 e. The lowest BCUT2D eigenvalue weighted by atomic mass is 10.5. The van der Waals surface area contributed by atoms with Gasteiger partial charge in [-0.15, -0.1) is 0 Å². The molecule has 0 heterocycles. The maximum atomic E-state index is 11.3. The molecule has 33 heavy (non-hydrogen) atoms. The van der Waals surface area contributed by atoms with E-state index < -0.39 is 32.0 Å². The van der Waals surface area contributed by atoms with Crippen LogP contribution in [-0.4, -0.2) is 58.4 Å². The predicted molar refractivity (Wildman–Crippen MR) is 128 cm³/mol. The molecule has 0 aromatic heterocycles. The van der Waals surface area contributed by atoms with E-state index >= 15 is 0 Å². The third-order valence-corrected chi connectivity index (χ3v) is 10.7. The number of carbonyl (C=O) groups is 4. The zero-order valence-corrected chi connectivity index (χ0v) is 20.4. The number of hydrogen-bond acceptors (Lipinski definition) is 8. The minimum Gasteiger partial charge on any atom is -0.463 e. The topological polar surface area (TPSA) is 105 Å². The van der Waals surface area contributed by atoms with E-state index in [-0.39, 0.29) is 26.4 Å². The number of rotatable bonds is 20. The van der Waals surface area contributed by atoms with E-state index in [4.69, 9.17) is 18.9 Å². The molecule has 0 aliphatic heterocycles. The molecule has 184 valence electrons. The maximum Gasteiger partial charge on any atom is 0.330 e. The van der Waals surface area contributed by atoms with Crippen LogP contribution in [0, 0.1) is 0 Å². The lowest BCUT2D eigenvalue weighted by Crippen LogP contribution is -2.35. The van der Waals surface area contributed by atoms with E-state index in [1.807, 2.05) is 0 Å². The second kappa shape index (κ2) is 18.6. The summed E-state index contributed by atoms with van der Waals surface area (Å²) in [6, 6.07) is 3.44. The summed E-state index contributed by atoms with van der Waals surface area (Å²) in [6.45, 7) is 14.7. The first-order valence-electron chi connectivity index (χ1n) is 11.0. The molecule has 0 spiro atoms. The molecule has 0 fully saturated rings. The average molecular weight is 481 g/mol. The summed E-state index contributed by atoms with van der Waals surface area (Å²) in [5, 5.41) is 0. The third kappa shape index (κ3) is 15.5. The van der Waals surface area contributed by atoms with Crippen molar-refractivity contribution < 1.29 is 38.1 Å². The van der Waals surface area contributed by atoms with Crippen LogP contribution in [0.15, 0.2) is 50.6 Å². The van der Waals surface area contributed by atoms with Crippen LogP contribution < -0.4 is 0 Å². The van der Waals surface area contributed by atoms with Crippen LogP contribution in [0.5, 0.6) is 0 Å². The maximum absolute atomic E-state index is 11.3. The van der Waals surface area contributed by atoms with Crippen molar-refractivity contribution in [1.82, 2.24) is 0 Å². The van der Waals surface area contributed by atoms with E-state index in [9.17, 15) is 19.2 Å². The monoisotopic (exact) mass is 480 g/mol. The van der Waals surface area contributed by atoms with Crippen molar-refractivity contribution in [2.45, 2.75) is 49.9 Å². The van der Waals surface area contributed by atoms with Crippen molar-refractivity contribution in [3.63, 3.8) is 0 Å². The molecule has 0 bridgehead atoms. The SMILES string of the molecule is C=CC(=O)OCCC[Si](CCCOC(=O)C=C)(CCCOC(=O)C=C)CCCOC(=O)C=C. The number of carbonyl (C=O) groups excluding carboxylic acids is 4. The largest absolute Gasteiger partial charge is 0.463 e. The summed E-state index contributed by atoms with van der Waals surface area (Å²) in [5.41, 5.74) is 0. The van der Waals surface area contributed by atoms with Crippen molar-refractivity contribution in [3.8, 4) is 0 Å². The molecule has 0 saturated carbocycles. The molecule has 8 nitrogen and oxygen atoms in total. The molecule has 0 rings (SSSR count). The van der Waals surface area contributed by atoms with Gasteiger partial charge in [0.1, 0.15) is 0 Å². The first kappa shape index (κ1) is 30.1. The van der Waals surface area contributed by atoms with E-state index in [2.05, 4.69) is 26.3 Å². The van der Waals surface area contributed by atoms with Gasteiger partial charge in [0, 0.05) is 24.3 Å². The van der Waals surface area contributed by atoms with Crippen LogP contribution in [0.1, 0.15) is 25.7 Å². The van der Waals surface area contributed by atoms with Crippen molar-refractivity contribution in [2.75, 3.05) is 26.4 Å². The average Bonchev–Trinajstić information content (AvgIpc) is 2.83. The van der Waals surface area contributed by atoms with Gasteiger partial charge in [-0.3, -0.25) is 0 Å². The molecule has 0 aliphatic carbocycles. The first-order valence-corrected chi connectivity index (χ1v) is 13.8. The highest BCUT2D eigenvalue weighted by Crippen LogP contribution is 2.32. The third-order valence-electron chi connectivity index (χ3n) is 5.05. The van der Waals surface area contributed by atoms with Crippen LogP contribution in [0.25, 0.3) is 0 Å². The molecule has 0 aromatic rings. The second-order valence-electron chi connectivity index (χ2n) is 7.40. The lowest BCUT2D eigenvalue weighted by molar-refractivity contribution is -0.138. The van der Waals surface area contributed by atoms with E-state index in [1.54, 1.807) is 0 Å². The Hall–Kier alpha value is -2.94. The molecule has 0 radical (unpaired) electrons. The van der Waals surface area contributed by atoms with Gasteiger partial charge in [0.2, 0.25) is 0 Å². The molecule has 0 unspecified atom stereocenters. The summed E-state index contributed by atoms with van der Waals surface area (Å²) in [7, 11) is -1.99. The fraction of sp³-hybridized carbons (Fsp3) is 0.500. The summed E-state index contributed by atoms with van der Waals surface area (Å²) < 4.78 is 20.5. The van der Waals surface area contributed by atoms with E-state index in [1.165, 1.54) is 0 Å². The number of hydrogen-bond donors (Lipinski definition) is 0. The van der Waals surface area contributed by atoms with Crippen molar-refractivity contribution in [3.05, 3.63) is 50.6 Å². The van der Waals surface area contributed by atoms with Gasteiger partial charge in [-0.1, -0.05) is 50.5 Å². The van der Waals surface area contributed by atoms with Gasteiger partial charge in [0.25, 0.3) is 0 Å². The fourth-order valence-corrected chi connectivity index (χ4v) is 8.54. The summed E-state index contributed by atoms with van der Waals surface area (Å²) >= 11 is 0. The molecule has 9 heteroatoms. The molecule has 0 atom stereocenters. The minimum atomic E-state index is -1.99. The Morgan fingerprint density at radius 2 is 0.697 bits per heavy atom. The van der Waals surface area contributed by atoms with Crippen molar-refractivity contribution in [1.29, 1.82) is 0 Å². The fourth-order valence-electron chi connectivity index (χ4n) is 3.47. The standard InChI is InChI=1S/C24H36O8Si/c1-5-21(25)29-13-9-17-33(18-10-14-30-22(26)6-2,19-11-15-31-23(27)7-3)20-12-16-32-24(28)8-4/h5-8H,1-4,9-20H2. The molecule has 0 aliphatic rings. The minimum absolute atomic E-state index is 0.280. The summed E-state index contributed by atoms with van der Waals surface area (Å²) in [6.07, 6.45) is 7.21. The highest BCUT2D eigenvalue weighted by Gasteiger charge is 2.31. The van der Waals surface area contributed by atoms with Gasteiger partial charge in [-0.25, -0.2) is 19.2 Å². The summed E-state index contributed by atoms with van der Waals surface area (Å²) in [5.74, 6) is -1.87. The van der Waals surface area contributed by atoms with Gasteiger partial charge in [-0.05, 0) is 25.7 Å². The van der Waals surface area contributed by atoms with E-state index in [0.29, 0.717) is 25.7 Å². The van der Waals surface area contributed by atoms with Crippen molar-refractivity contribution in [2.24, 2.45) is 0 Å². The normalized spacial score (nSPS) is 10.4. The molecular weight excluding hydrogens is 444 g/mol. The zero-order chi connectivity index (χ0) is 25.0. The first-order chi connectivity index (χ1) is 15.8. The van der Waals surface area contributed by atoms with Crippen LogP contribution in [0.3, 0.4) is 0 Å².